The second-order valence-corrected chi connectivity index (χ2v) is 4.65. The Balaban J connectivity index is 2.38. The summed E-state index contributed by atoms with van der Waals surface area (Å²) >= 11 is 1.66. The molecule has 2 unspecified atom stereocenters. The van der Waals surface area contributed by atoms with Crippen LogP contribution in [-0.4, -0.2) is 28.7 Å². The van der Waals surface area contributed by atoms with Gasteiger partial charge in [0.25, 0.3) is 0 Å². The fourth-order valence-electron chi connectivity index (χ4n) is 1.18. The number of carbonyl (C=O) groups is 1. The summed E-state index contributed by atoms with van der Waals surface area (Å²) in [5.41, 5.74) is 0.458. The Labute approximate surface area is 76.8 Å². The van der Waals surface area contributed by atoms with Crippen LogP contribution < -0.4 is 5.32 Å². The maximum absolute atomic E-state index is 11.4. The molecule has 0 aromatic rings. The van der Waals surface area contributed by atoms with Crippen LogP contribution in [-0.2, 0) is 4.79 Å². The summed E-state index contributed by atoms with van der Waals surface area (Å²) in [4.78, 5) is 11.4. The van der Waals surface area contributed by atoms with Gasteiger partial charge >= 0.3 is 0 Å². The van der Waals surface area contributed by atoms with Gasteiger partial charge in [0, 0.05) is 18.7 Å². The van der Waals surface area contributed by atoms with Crippen molar-refractivity contribution in [1.82, 2.24) is 5.32 Å². The average Bonchev–Trinajstić information content (AvgIpc) is 2.34. The maximum atomic E-state index is 11.4. The minimum absolute atomic E-state index is 0.0697. The highest BCUT2D eigenvalue weighted by Crippen LogP contribution is 2.23. The van der Waals surface area contributed by atoms with Crippen molar-refractivity contribution >= 4 is 23.3 Å². The van der Waals surface area contributed by atoms with E-state index in [1.807, 2.05) is 0 Å². The number of Topliss-reactive ketones (excluding diaryl/α,β-unsaturated/α-hetero) is 1. The van der Waals surface area contributed by atoms with Crippen LogP contribution in [0.2, 0.25) is 0 Å². The number of rotatable bonds is 3. The first kappa shape index (κ1) is 9.74. The van der Waals surface area contributed by atoms with Crippen LogP contribution in [0.5, 0.6) is 0 Å². The largest absolute Gasteiger partial charge is 0.310 e. The molecule has 68 valence electrons. The average molecular weight is 186 g/mol. The molecule has 0 saturated carbocycles. The Morgan fingerprint density at radius 1 is 1.75 bits per heavy atom. The van der Waals surface area contributed by atoms with Crippen molar-refractivity contribution in [2.45, 2.75) is 30.9 Å². The van der Waals surface area contributed by atoms with Crippen LogP contribution in [0.3, 0.4) is 0 Å². The summed E-state index contributed by atoms with van der Waals surface area (Å²) in [7, 11) is 0. The van der Waals surface area contributed by atoms with Gasteiger partial charge in [0.05, 0.1) is 10.6 Å². The Morgan fingerprint density at radius 2 is 2.42 bits per heavy atom. The van der Waals surface area contributed by atoms with E-state index in [-0.39, 0.29) is 11.0 Å². The first-order valence-electron chi connectivity index (χ1n) is 4.05. The highest BCUT2D eigenvalue weighted by atomic mass is 32.2. The maximum Gasteiger partial charge on any atom is 0.152 e. The van der Waals surface area contributed by atoms with E-state index in [2.05, 4.69) is 12.2 Å². The highest BCUT2D eigenvalue weighted by molar-refractivity contribution is 8.01. The van der Waals surface area contributed by atoms with Crippen LogP contribution >= 0.6 is 11.8 Å². The minimum atomic E-state index is 0.0697. The van der Waals surface area contributed by atoms with Gasteiger partial charge in [-0.05, 0) is 13.8 Å². The fourth-order valence-corrected chi connectivity index (χ4v) is 2.29. The molecule has 0 bridgehead atoms. The molecule has 0 aliphatic carbocycles. The molecule has 3 nitrogen and oxygen atoms in total. The van der Waals surface area contributed by atoms with Gasteiger partial charge in [-0.25, -0.2) is 0 Å². The molecule has 2 N–H and O–H groups in total. The zero-order valence-corrected chi connectivity index (χ0v) is 8.20. The summed E-state index contributed by atoms with van der Waals surface area (Å²) in [6.07, 6.45) is 0.312. The van der Waals surface area contributed by atoms with E-state index in [1.165, 1.54) is 0 Å². The zero-order chi connectivity index (χ0) is 9.14. The molecule has 0 spiro atoms. The number of ketones is 1. The minimum Gasteiger partial charge on any atom is -0.310 e. The number of nitrogens with one attached hydrogen (secondary N) is 2. The van der Waals surface area contributed by atoms with Gasteiger partial charge < -0.3 is 10.7 Å². The van der Waals surface area contributed by atoms with E-state index in [1.54, 1.807) is 18.7 Å². The molecule has 1 aliphatic rings. The Kier molecular flexibility index (Phi) is 3.29. The molecule has 0 aromatic heterocycles. The van der Waals surface area contributed by atoms with Crippen molar-refractivity contribution in [3.05, 3.63) is 0 Å². The first-order valence-corrected chi connectivity index (χ1v) is 4.99. The molecule has 12 heavy (non-hydrogen) atoms. The lowest BCUT2D eigenvalue weighted by Gasteiger charge is -2.05. The molecule has 1 aliphatic heterocycles. The van der Waals surface area contributed by atoms with E-state index in [9.17, 15) is 4.79 Å². The van der Waals surface area contributed by atoms with Crippen molar-refractivity contribution in [3.63, 3.8) is 0 Å². The van der Waals surface area contributed by atoms with Crippen molar-refractivity contribution in [2.75, 3.05) is 6.54 Å². The molecule has 0 amide bonds. The molecule has 1 heterocycles. The molecule has 1 rings (SSSR count). The van der Waals surface area contributed by atoms with E-state index in [4.69, 9.17) is 5.41 Å². The summed E-state index contributed by atoms with van der Waals surface area (Å²) in [5, 5.41) is 10.8. The number of hydrogen-bond acceptors (Lipinski definition) is 4. The fraction of sp³-hybridized carbons (Fsp3) is 0.750. The lowest BCUT2D eigenvalue weighted by molar-refractivity contribution is -0.117. The van der Waals surface area contributed by atoms with Crippen molar-refractivity contribution < 1.29 is 4.79 Å². The highest BCUT2D eigenvalue weighted by Gasteiger charge is 2.27. The number of hydrogen-bond donors (Lipinski definition) is 2. The third-order valence-corrected chi connectivity index (χ3v) is 3.09. The lowest BCUT2D eigenvalue weighted by atomic mass is 10.1. The second-order valence-electron chi connectivity index (χ2n) is 3.10. The van der Waals surface area contributed by atoms with E-state index >= 15 is 0 Å². The molecule has 1 saturated heterocycles. The van der Waals surface area contributed by atoms with Crippen LogP contribution in [0.4, 0.5) is 0 Å². The summed E-state index contributed by atoms with van der Waals surface area (Å²) in [6, 6.07) is 0. The standard InChI is InChI=1S/C8H14N2OS/c1-5(9)3-7(11)8-4-10-6(2)12-8/h6,8-10H,3-4H2,1-2H3. The SMILES string of the molecule is CC(=N)CC(=O)C1CNC(C)S1. The van der Waals surface area contributed by atoms with Gasteiger partial charge in [0.15, 0.2) is 5.78 Å². The predicted octanol–water partition coefficient (Wildman–Crippen LogP) is 1.04. The van der Waals surface area contributed by atoms with Crippen molar-refractivity contribution in [3.8, 4) is 0 Å². The Hall–Kier alpha value is -0.350. The van der Waals surface area contributed by atoms with Gasteiger partial charge in [0.2, 0.25) is 0 Å². The van der Waals surface area contributed by atoms with E-state index in [0.717, 1.165) is 6.54 Å². The number of thioether (sulfide) groups is 1. The second kappa shape index (κ2) is 4.05. The van der Waals surface area contributed by atoms with E-state index in [0.29, 0.717) is 17.5 Å². The molecule has 0 aromatic carbocycles. The van der Waals surface area contributed by atoms with Gasteiger partial charge in [-0.2, -0.15) is 0 Å². The summed E-state index contributed by atoms with van der Waals surface area (Å²) < 4.78 is 0. The van der Waals surface area contributed by atoms with Crippen LogP contribution in [0.15, 0.2) is 0 Å². The van der Waals surface area contributed by atoms with Gasteiger partial charge in [-0.15, -0.1) is 11.8 Å². The third kappa shape index (κ3) is 2.60. The summed E-state index contributed by atoms with van der Waals surface area (Å²) in [6.45, 7) is 4.49. The smallest absolute Gasteiger partial charge is 0.152 e. The lowest BCUT2D eigenvalue weighted by Crippen LogP contribution is -2.24. The first-order chi connectivity index (χ1) is 5.59. The molecule has 2 atom stereocenters. The van der Waals surface area contributed by atoms with Gasteiger partial charge in [-0.1, -0.05) is 0 Å². The van der Waals surface area contributed by atoms with Gasteiger partial charge in [0.1, 0.15) is 0 Å². The monoisotopic (exact) mass is 186 g/mol. The Morgan fingerprint density at radius 3 is 2.83 bits per heavy atom. The summed E-state index contributed by atoms with van der Waals surface area (Å²) in [5.74, 6) is 0.185. The zero-order valence-electron chi connectivity index (χ0n) is 7.39. The normalized spacial score (nSPS) is 28.8. The molecule has 4 heteroatoms. The van der Waals surface area contributed by atoms with Crippen LogP contribution in [0.1, 0.15) is 20.3 Å². The van der Waals surface area contributed by atoms with Crippen molar-refractivity contribution in [1.29, 1.82) is 5.41 Å². The molecule has 1 fully saturated rings. The third-order valence-electron chi connectivity index (χ3n) is 1.76. The van der Waals surface area contributed by atoms with Crippen LogP contribution in [0, 0.1) is 5.41 Å². The van der Waals surface area contributed by atoms with E-state index < -0.39 is 0 Å². The Bertz CT molecular complexity index is 205. The topological polar surface area (TPSA) is 53.0 Å². The molecule has 0 radical (unpaired) electrons. The van der Waals surface area contributed by atoms with Crippen molar-refractivity contribution in [2.24, 2.45) is 0 Å². The molecular formula is C8H14N2OS. The van der Waals surface area contributed by atoms with Crippen LogP contribution in [0.25, 0.3) is 0 Å². The molecular weight excluding hydrogens is 172 g/mol. The quantitative estimate of drug-likeness (QED) is 0.647. The van der Waals surface area contributed by atoms with Gasteiger partial charge in [-0.3, -0.25) is 4.79 Å². The predicted molar refractivity (Wildman–Crippen MR) is 51.9 cm³/mol. The number of carbonyl (C=O) groups excluding carboxylic acids is 1.